The second-order valence-corrected chi connectivity index (χ2v) is 11.0. The van der Waals surface area contributed by atoms with E-state index in [4.69, 9.17) is 9.97 Å². The van der Waals surface area contributed by atoms with E-state index in [1.165, 1.54) is 10.9 Å². The van der Waals surface area contributed by atoms with Gasteiger partial charge in [-0.05, 0) is 41.8 Å². The number of hydrogen-bond donors (Lipinski definition) is 0. The summed E-state index contributed by atoms with van der Waals surface area (Å²) in [5.41, 5.74) is 10.9. The van der Waals surface area contributed by atoms with Crippen LogP contribution in [0.5, 0.6) is 0 Å². The molecule has 9 rings (SSSR count). The van der Waals surface area contributed by atoms with Crippen molar-refractivity contribution >= 4 is 38.9 Å². The second-order valence-electron chi connectivity index (χ2n) is 11.0. The molecule has 44 heavy (non-hydrogen) atoms. The first-order chi connectivity index (χ1) is 21.9. The minimum atomic E-state index is 0.907. The first-order valence-electron chi connectivity index (χ1n) is 14.7. The summed E-state index contributed by atoms with van der Waals surface area (Å²) < 4.78 is 2.37. The highest BCUT2D eigenvalue weighted by molar-refractivity contribution is 6.14. The molecule has 5 nitrogen and oxygen atoms in total. The van der Waals surface area contributed by atoms with Crippen molar-refractivity contribution in [3.63, 3.8) is 0 Å². The summed E-state index contributed by atoms with van der Waals surface area (Å²) in [6, 6.07) is 42.8. The Labute approximate surface area is 254 Å². The number of hydrogen-bond acceptors (Lipinski definition) is 4. The predicted molar refractivity (Wildman–Crippen MR) is 179 cm³/mol. The Morgan fingerprint density at radius 1 is 0.523 bits per heavy atom. The van der Waals surface area contributed by atoms with Crippen LogP contribution in [0, 0.1) is 0 Å². The van der Waals surface area contributed by atoms with E-state index in [1.54, 1.807) is 6.20 Å². The van der Waals surface area contributed by atoms with Crippen molar-refractivity contribution < 1.29 is 0 Å². The van der Waals surface area contributed by atoms with E-state index in [-0.39, 0.29) is 0 Å². The second kappa shape index (κ2) is 9.75. The molecule has 0 fully saturated rings. The highest BCUT2D eigenvalue weighted by atomic mass is 15.2. The molecule has 0 amide bonds. The topological polar surface area (TPSA) is 46.8 Å². The minimum absolute atomic E-state index is 0.907. The highest BCUT2D eigenvalue weighted by Crippen LogP contribution is 2.54. The highest BCUT2D eigenvalue weighted by Gasteiger charge is 2.32. The van der Waals surface area contributed by atoms with Gasteiger partial charge in [0.05, 0.1) is 34.5 Å². The van der Waals surface area contributed by atoms with Gasteiger partial charge in [-0.3, -0.25) is 14.9 Å². The Morgan fingerprint density at radius 2 is 1.25 bits per heavy atom. The minimum Gasteiger partial charge on any atom is -0.307 e. The van der Waals surface area contributed by atoms with Crippen LogP contribution in [0.1, 0.15) is 0 Å². The summed E-state index contributed by atoms with van der Waals surface area (Å²) in [6.45, 7) is 0. The van der Waals surface area contributed by atoms with E-state index < -0.39 is 0 Å². The molecule has 0 saturated carbocycles. The zero-order valence-electron chi connectivity index (χ0n) is 23.7. The normalized spacial score (nSPS) is 12.0. The van der Waals surface area contributed by atoms with Gasteiger partial charge in [-0.25, -0.2) is 4.98 Å². The van der Waals surface area contributed by atoms with E-state index in [1.807, 2.05) is 30.9 Å². The van der Waals surface area contributed by atoms with Crippen LogP contribution in [0.2, 0.25) is 0 Å². The largest absolute Gasteiger partial charge is 0.307 e. The van der Waals surface area contributed by atoms with Gasteiger partial charge < -0.3 is 4.57 Å². The Morgan fingerprint density at radius 3 is 2.11 bits per heavy atom. The van der Waals surface area contributed by atoms with E-state index in [0.717, 1.165) is 67.1 Å². The fourth-order valence-electron chi connectivity index (χ4n) is 6.67. The van der Waals surface area contributed by atoms with Gasteiger partial charge >= 0.3 is 0 Å². The third kappa shape index (κ3) is 3.63. The molecule has 1 aliphatic rings. The summed E-state index contributed by atoms with van der Waals surface area (Å²) in [5.74, 6) is 0.907. The van der Waals surface area contributed by atoms with Gasteiger partial charge in [-0.15, -0.1) is 0 Å². The van der Waals surface area contributed by atoms with Crippen LogP contribution < -0.4 is 4.90 Å². The fraction of sp³-hybridized carbons (Fsp3) is 0. The number of para-hydroxylation sites is 3. The van der Waals surface area contributed by atoms with Crippen LogP contribution in [-0.4, -0.2) is 19.5 Å². The van der Waals surface area contributed by atoms with Gasteiger partial charge in [0.15, 0.2) is 0 Å². The Balaban J connectivity index is 1.41. The molecule has 0 N–H and O–H groups in total. The molecular weight excluding hydrogens is 538 g/mol. The SMILES string of the molecule is c1cncc(-c2cncc(-n3c4c(c5ccccc53)-c3ccccc3N(c3nccc5ccccc35)c3ccccc3-4)c2)c1. The van der Waals surface area contributed by atoms with Crippen molar-refractivity contribution in [1.29, 1.82) is 0 Å². The zero-order valence-corrected chi connectivity index (χ0v) is 23.7. The van der Waals surface area contributed by atoms with Crippen molar-refractivity contribution in [1.82, 2.24) is 19.5 Å². The summed E-state index contributed by atoms with van der Waals surface area (Å²) in [6.07, 6.45) is 9.45. The fourth-order valence-corrected chi connectivity index (χ4v) is 6.67. The zero-order chi connectivity index (χ0) is 29.0. The van der Waals surface area contributed by atoms with Crippen molar-refractivity contribution in [3.05, 3.63) is 152 Å². The van der Waals surface area contributed by atoms with E-state index in [0.29, 0.717) is 0 Å². The maximum Gasteiger partial charge on any atom is 0.145 e. The van der Waals surface area contributed by atoms with Gasteiger partial charge in [0.1, 0.15) is 5.82 Å². The molecule has 0 saturated heterocycles. The number of aromatic nitrogens is 4. The summed E-state index contributed by atoms with van der Waals surface area (Å²) in [5, 5.41) is 3.44. The molecule has 4 aromatic heterocycles. The molecule has 1 aliphatic heterocycles. The maximum absolute atomic E-state index is 5.01. The summed E-state index contributed by atoms with van der Waals surface area (Å²) in [4.78, 5) is 16.4. The number of fused-ring (bicyclic) bond motifs is 8. The van der Waals surface area contributed by atoms with E-state index in [9.17, 15) is 0 Å². The van der Waals surface area contributed by atoms with Crippen molar-refractivity contribution in [2.24, 2.45) is 0 Å². The van der Waals surface area contributed by atoms with Gasteiger partial charge in [0.2, 0.25) is 0 Å². The Hall–Kier alpha value is -6.07. The van der Waals surface area contributed by atoms with Crippen LogP contribution in [0.15, 0.2) is 152 Å². The average molecular weight is 564 g/mol. The smallest absolute Gasteiger partial charge is 0.145 e. The summed E-state index contributed by atoms with van der Waals surface area (Å²) in [7, 11) is 0. The molecular formula is C39H25N5. The third-order valence-electron chi connectivity index (χ3n) is 8.53. The number of pyridine rings is 3. The van der Waals surface area contributed by atoms with Crippen molar-refractivity contribution in [3.8, 4) is 39.2 Å². The molecule has 0 aliphatic carbocycles. The van der Waals surface area contributed by atoms with Crippen LogP contribution in [0.4, 0.5) is 17.2 Å². The first kappa shape index (κ1) is 24.5. The molecule has 5 heteroatoms. The molecule has 5 heterocycles. The lowest BCUT2D eigenvalue weighted by atomic mass is 9.98. The number of benzene rings is 4. The lowest BCUT2D eigenvalue weighted by molar-refractivity contribution is 1.11. The van der Waals surface area contributed by atoms with Crippen LogP contribution in [0.25, 0.3) is 60.9 Å². The molecule has 4 aromatic carbocycles. The van der Waals surface area contributed by atoms with Crippen molar-refractivity contribution in [2.75, 3.05) is 4.90 Å². The lowest BCUT2D eigenvalue weighted by Gasteiger charge is -2.27. The molecule has 0 unspecified atom stereocenters. The number of rotatable bonds is 3. The van der Waals surface area contributed by atoms with Crippen LogP contribution in [0.3, 0.4) is 0 Å². The van der Waals surface area contributed by atoms with Crippen LogP contribution >= 0.6 is 0 Å². The standard InChI is InChI=1S/C39H25N5/c1-2-12-30-26(10-1)19-21-42-39(30)44-35-17-7-4-14-32(35)37-31-13-3-6-16-34(31)43(38(37)33-15-5-8-18-36(33)44)29-22-28(24-41-25-29)27-11-9-20-40-23-27/h1-25H. The Bertz CT molecular complexity index is 2350. The van der Waals surface area contributed by atoms with E-state index >= 15 is 0 Å². The molecule has 0 spiro atoms. The monoisotopic (exact) mass is 563 g/mol. The van der Waals surface area contributed by atoms with Gasteiger partial charge in [-0.2, -0.15) is 0 Å². The summed E-state index contributed by atoms with van der Waals surface area (Å²) >= 11 is 0. The average Bonchev–Trinajstić information content (AvgIpc) is 3.38. The van der Waals surface area contributed by atoms with Crippen LogP contribution in [-0.2, 0) is 0 Å². The molecule has 0 bridgehead atoms. The predicted octanol–water partition coefficient (Wildman–Crippen LogP) is 9.75. The quantitative estimate of drug-likeness (QED) is 0.215. The number of anilines is 3. The maximum atomic E-state index is 5.01. The molecule has 8 aromatic rings. The third-order valence-corrected chi connectivity index (χ3v) is 8.53. The lowest BCUT2D eigenvalue weighted by Crippen LogP contribution is -2.13. The van der Waals surface area contributed by atoms with Gasteiger partial charge in [0.25, 0.3) is 0 Å². The van der Waals surface area contributed by atoms with Crippen molar-refractivity contribution in [2.45, 2.75) is 0 Å². The first-order valence-corrected chi connectivity index (χ1v) is 14.7. The van der Waals surface area contributed by atoms with E-state index in [2.05, 4.69) is 130 Å². The van der Waals surface area contributed by atoms with Gasteiger partial charge in [0, 0.05) is 63.4 Å². The molecule has 0 radical (unpaired) electrons. The Kier molecular flexibility index (Phi) is 5.43. The van der Waals surface area contributed by atoms with Gasteiger partial charge in [-0.1, -0.05) is 84.9 Å². The number of nitrogens with zero attached hydrogens (tertiary/aromatic N) is 5. The molecule has 0 atom stereocenters. The molecule has 206 valence electrons.